The second-order valence-electron chi connectivity index (χ2n) is 7.24. The third-order valence-electron chi connectivity index (χ3n) is 5.15. The first-order valence-electron chi connectivity index (χ1n) is 10.1. The quantitative estimate of drug-likeness (QED) is 0.609. The number of methoxy groups -OCH3 is 1. The number of carbonyl (C=O) groups excluding carboxylic acids is 2. The zero-order valence-electron chi connectivity index (χ0n) is 17.2. The largest absolute Gasteiger partial charge is 0.497 e. The number of urea groups is 1. The molecule has 1 aliphatic rings. The number of nitrogens with one attached hydrogen (secondary N) is 2. The standard InChI is InChI=1S/C23H24N4O3S/c1-30-19-10-5-9-17(13-19)26-23(29)27-12-6-11-20(27)21(28)24-14-18-15-31-22(25-18)16-7-3-2-4-8-16/h2-5,7-10,13,15,20H,6,11-12,14H2,1H3,(H,24,28)(H,26,29)/t20-/m1/s1. The fourth-order valence-corrected chi connectivity index (χ4v) is 4.40. The van der Waals surface area contributed by atoms with Crippen molar-refractivity contribution in [3.8, 4) is 16.3 Å². The number of benzene rings is 2. The Kier molecular flexibility index (Phi) is 6.47. The molecule has 3 aromatic rings. The van der Waals surface area contributed by atoms with E-state index in [-0.39, 0.29) is 11.9 Å². The lowest BCUT2D eigenvalue weighted by Crippen LogP contribution is -2.47. The number of amides is 3. The van der Waals surface area contributed by atoms with Gasteiger partial charge in [0.25, 0.3) is 0 Å². The molecule has 160 valence electrons. The lowest BCUT2D eigenvalue weighted by Gasteiger charge is -2.24. The van der Waals surface area contributed by atoms with Crippen molar-refractivity contribution in [2.75, 3.05) is 19.0 Å². The van der Waals surface area contributed by atoms with Gasteiger partial charge in [-0.15, -0.1) is 11.3 Å². The van der Waals surface area contributed by atoms with Gasteiger partial charge in [0.15, 0.2) is 0 Å². The number of anilines is 1. The predicted molar refractivity (Wildman–Crippen MR) is 121 cm³/mol. The van der Waals surface area contributed by atoms with Gasteiger partial charge in [-0.05, 0) is 25.0 Å². The van der Waals surface area contributed by atoms with Crippen LogP contribution in [0.25, 0.3) is 10.6 Å². The number of ether oxygens (including phenoxy) is 1. The van der Waals surface area contributed by atoms with Gasteiger partial charge in [0.1, 0.15) is 16.8 Å². The number of aromatic nitrogens is 1. The number of hydrogen-bond donors (Lipinski definition) is 2. The number of carbonyl (C=O) groups is 2. The van der Waals surface area contributed by atoms with Crippen LogP contribution in [0.3, 0.4) is 0 Å². The molecule has 0 spiro atoms. The van der Waals surface area contributed by atoms with Gasteiger partial charge in [-0.3, -0.25) is 4.79 Å². The molecule has 7 nitrogen and oxygen atoms in total. The summed E-state index contributed by atoms with van der Waals surface area (Å²) >= 11 is 1.55. The van der Waals surface area contributed by atoms with Crippen LogP contribution in [0.1, 0.15) is 18.5 Å². The van der Waals surface area contributed by atoms with Crippen molar-refractivity contribution in [2.24, 2.45) is 0 Å². The summed E-state index contributed by atoms with van der Waals surface area (Å²) in [5.74, 6) is 0.499. The smallest absolute Gasteiger partial charge is 0.322 e. The number of rotatable bonds is 6. The molecule has 1 fully saturated rings. The molecular formula is C23H24N4O3S. The molecule has 8 heteroatoms. The van der Waals surface area contributed by atoms with Gasteiger partial charge in [0.05, 0.1) is 19.3 Å². The van der Waals surface area contributed by atoms with Crippen LogP contribution in [0.4, 0.5) is 10.5 Å². The molecule has 2 aromatic carbocycles. The summed E-state index contributed by atoms with van der Waals surface area (Å²) in [6.45, 7) is 0.882. The maximum atomic E-state index is 12.8. The normalized spacial score (nSPS) is 15.5. The van der Waals surface area contributed by atoms with Crippen molar-refractivity contribution in [2.45, 2.75) is 25.4 Å². The Balaban J connectivity index is 1.34. The van der Waals surface area contributed by atoms with E-state index in [2.05, 4.69) is 15.6 Å². The summed E-state index contributed by atoms with van der Waals surface area (Å²) in [6, 6.07) is 16.3. The molecule has 2 heterocycles. The maximum Gasteiger partial charge on any atom is 0.322 e. The molecule has 0 bridgehead atoms. The van der Waals surface area contributed by atoms with E-state index in [1.54, 1.807) is 41.5 Å². The second-order valence-corrected chi connectivity index (χ2v) is 8.10. The van der Waals surface area contributed by atoms with Crippen LogP contribution in [0.15, 0.2) is 60.0 Å². The Bertz CT molecular complexity index is 1050. The number of likely N-dealkylation sites (tertiary alicyclic amines) is 1. The van der Waals surface area contributed by atoms with Gasteiger partial charge >= 0.3 is 6.03 Å². The Morgan fingerprint density at radius 2 is 2.03 bits per heavy atom. The number of thiazole rings is 1. The molecule has 0 unspecified atom stereocenters. The Labute approximate surface area is 185 Å². The molecule has 1 aromatic heterocycles. The highest BCUT2D eigenvalue weighted by Gasteiger charge is 2.34. The highest BCUT2D eigenvalue weighted by molar-refractivity contribution is 7.13. The van der Waals surface area contributed by atoms with E-state index >= 15 is 0 Å². The van der Waals surface area contributed by atoms with Crippen LogP contribution in [0.2, 0.25) is 0 Å². The molecule has 0 saturated carbocycles. The zero-order chi connectivity index (χ0) is 21.6. The zero-order valence-corrected chi connectivity index (χ0v) is 18.0. The van der Waals surface area contributed by atoms with Gasteiger partial charge in [0, 0.05) is 29.2 Å². The SMILES string of the molecule is COc1cccc(NC(=O)N2CCC[C@@H]2C(=O)NCc2csc(-c3ccccc3)n2)c1. The second kappa shape index (κ2) is 9.61. The van der Waals surface area contributed by atoms with E-state index in [1.165, 1.54) is 0 Å². The van der Waals surface area contributed by atoms with Gasteiger partial charge in [-0.1, -0.05) is 36.4 Å². The van der Waals surface area contributed by atoms with Crippen LogP contribution < -0.4 is 15.4 Å². The highest BCUT2D eigenvalue weighted by atomic mass is 32.1. The lowest BCUT2D eigenvalue weighted by atomic mass is 10.2. The van der Waals surface area contributed by atoms with Crippen molar-refractivity contribution in [1.82, 2.24) is 15.2 Å². The third kappa shape index (κ3) is 5.03. The Hall–Kier alpha value is -3.39. The van der Waals surface area contributed by atoms with Crippen molar-refractivity contribution >= 4 is 29.0 Å². The van der Waals surface area contributed by atoms with Crippen LogP contribution >= 0.6 is 11.3 Å². The van der Waals surface area contributed by atoms with Gasteiger partial charge < -0.3 is 20.3 Å². The van der Waals surface area contributed by atoms with Crippen molar-refractivity contribution in [3.63, 3.8) is 0 Å². The Morgan fingerprint density at radius 3 is 2.84 bits per heavy atom. The average Bonchev–Trinajstić information content (AvgIpc) is 3.48. The molecule has 4 rings (SSSR count). The molecular weight excluding hydrogens is 412 g/mol. The summed E-state index contributed by atoms with van der Waals surface area (Å²) in [5.41, 5.74) is 2.50. The minimum absolute atomic E-state index is 0.160. The topological polar surface area (TPSA) is 83.6 Å². The van der Waals surface area contributed by atoms with Gasteiger partial charge in [-0.25, -0.2) is 9.78 Å². The molecule has 31 heavy (non-hydrogen) atoms. The van der Waals surface area contributed by atoms with Crippen molar-refractivity contribution in [3.05, 3.63) is 65.7 Å². The highest BCUT2D eigenvalue weighted by Crippen LogP contribution is 2.24. The monoisotopic (exact) mass is 436 g/mol. The van der Waals surface area contributed by atoms with Crippen LogP contribution in [0.5, 0.6) is 5.75 Å². The minimum atomic E-state index is -0.488. The van der Waals surface area contributed by atoms with E-state index in [0.29, 0.717) is 30.9 Å². The first-order chi connectivity index (χ1) is 15.1. The average molecular weight is 437 g/mol. The molecule has 1 atom stereocenters. The summed E-state index contributed by atoms with van der Waals surface area (Å²) < 4.78 is 5.19. The number of hydrogen-bond acceptors (Lipinski definition) is 5. The predicted octanol–water partition coefficient (Wildman–Crippen LogP) is 4.13. The van der Waals surface area contributed by atoms with E-state index in [4.69, 9.17) is 4.74 Å². The summed E-state index contributed by atoms with van der Waals surface area (Å²) in [5, 5.41) is 8.66. The summed E-state index contributed by atoms with van der Waals surface area (Å²) in [7, 11) is 1.58. The van der Waals surface area contributed by atoms with E-state index < -0.39 is 6.04 Å². The molecule has 0 radical (unpaired) electrons. The van der Waals surface area contributed by atoms with Crippen molar-refractivity contribution in [1.29, 1.82) is 0 Å². The first-order valence-corrected chi connectivity index (χ1v) is 11.0. The Morgan fingerprint density at radius 1 is 1.19 bits per heavy atom. The van der Waals surface area contributed by atoms with E-state index in [1.807, 2.05) is 41.8 Å². The summed E-state index contributed by atoms with van der Waals surface area (Å²) in [6.07, 6.45) is 1.43. The van der Waals surface area contributed by atoms with Gasteiger partial charge in [0.2, 0.25) is 5.91 Å². The fourth-order valence-electron chi connectivity index (χ4n) is 3.58. The van der Waals surface area contributed by atoms with Crippen LogP contribution in [-0.2, 0) is 11.3 Å². The minimum Gasteiger partial charge on any atom is -0.497 e. The van der Waals surface area contributed by atoms with Crippen molar-refractivity contribution < 1.29 is 14.3 Å². The lowest BCUT2D eigenvalue weighted by molar-refractivity contribution is -0.124. The van der Waals surface area contributed by atoms with E-state index in [9.17, 15) is 9.59 Å². The molecule has 1 aliphatic heterocycles. The third-order valence-corrected chi connectivity index (χ3v) is 6.09. The molecule has 2 N–H and O–H groups in total. The summed E-state index contributed by atoms with van der Waals surface area (Å²) in [4.78, 5) is 31.7. The molecule has 3 amide bonds. The molecule has 0 aliphatic carbocycles. The molecule has 1 saturated heterocycles. The van der Waals surface area contributed by atoms with Crippen LogP contribution in [0, 0.1) is 0 Å². The maximum absolute atomic E-state index is 12.8. The fraction of sp³-hybridized carbons (Fsp3) is 0.261. The van der Waals surface area contributed by atoms with Gasteiger partial charge in [-0.2, -0.15) is 0 Å². The van der Waals surface area contributed by atoms with Crippen LogP contribution in [-0.4, -0.2) is 41.5 Å². The van der Waals surface area contributed by atoms with E-state index in [0.717, 1.165) is 22.7 Å². The number of nitrogens with zero attached hydrogens (tertiary/aromatic N) is 2. The first kappa shape index (κ1) is 20.9.